The summed E-state index contributed by atoms with van der Waals surface area (Å²) in [6.45, 7) is 14.3. The third kappa shape index (κ3) is 3.77. The summed E-state index contributed by atoms with van der Waals surface area (Å²) >= 11 is 0. The van der Waals surface area contributed by atoms with Crippen LogP contribution in [0.1, 0.15) is 60.8 Å². The molecule has 0 heterocycles. The fourth-order valence-electron chi connectivity index (χ4n) is 6.74. The van der Waals surface area contributed by atoms with Crippen molar-refractivity contribution < 1.29 is 0 Å². The van der Waals surface area contributed by atoms with E-state index in [0.717, 1.165) is 12.8 Å². The Morgan fingerprint density at radius 3 is 2.16 bits per heavy atom. The molecule has 0 heteroatoms. The van der Waals surface area contributed by atoms with E-state index in [-0.39, 0.29) is 5.92 Å². The molecule has 162 valence electrons. The Morgan fingerprint density at radius 2 is 1.44 bits per heavy atom. The third-order valence-corrected chi connectivity index (χ3v) is 7.82. The highest BCUT2D eigenvalue weighted by atomic mass is 14.5. The van der Waals surface area contributed by atoms with Crippen molar-refractivity contribution in [2.75, 3.05) is 0 Å². The minimum Gasteiger partial charge on any atom is -0.0995 e. The van der Waals surface area contributed by atoms with Crippen molar-refractivity contribution in [2.45, 2.75) is 44.9 Å². The van der Waals surface area contributed by atoms with Gasteiger partial charge in [-0.2, -0.15) is 0 Å². The fraction of sp³-hybridized carbons (Fsp3) is 0.312. The van der Waals surface area contributed by atoms with Crippen LogP contribution in [0.3, 0.4) is 0 Å². The molecule has 1 saturated carbocycles. The number of hydrogen-bond donors (Lipinski definition) is 0. The number of allylic oxidation sites excluding steroid dienone is 2. The molecule has 4 atom stereocenters. The summed E-state index contributed by atoms with van der Waals surface area (Å²) in [5, 5.41) is 0. The molecule has 0 aliphatic heterocycles. The number of fused-ring (bicyclic) bond motifs is 2. The van der Waals surface area contributed by atoms with Gasteiger partial charge in [0.25, 0.3) is 0 Å². The van der Waals surface area contributed by atoms with E-state index < -0.39 is 0 Å². The second-order valence-electron chi connectivity index (χ2n) is 10.7. The van der Waals surface area contributed by atoms with Crippen LogP contribution in [0.4, 0.5) is 0 Å². The van der Waals surface area contributed by atoms with E-state index in [1.807, 2.05) is 0 Å². The van der Waals surface area contributed by atoms with Crippen molar-refractivity contribution in [3.8, 4) is 0 Å². The van der Waals surface area contributed by atoms with Crippen LogP contribution in [0.25, 0.3) is 5.57 Å². The molecule has 3 aromatic carbocycles. The maximum absolute atomic E-state index is 4.73. The highest BCUT2D eigenvalue weighted by Crippen LogP contribution is 2.58. The Labute approximate surface area is 193 Å². The molecule has 0 aromatic heterocycles. The SMILES string of the molecule is C=C(c1ccccc1)C1c2ccccc2CC2CC(C)(C)CC(=C)C2C1c1ccccc1. The highest BCUT2D eigenvalue weighted by molar-refractivity contribution is 5.72. The van der Waals surface area contributed by atoms with Gasteiger partial charge in [-0.15, -0.1) is 0 Å². The molecule has 1 fully saturated rings. The molecule has 4 unspecified atom stereocenters. The lowest BCUT2D eigenvalue weighted by Gasteiger charge is -2.46. The number of rotatable bonds is 3. The van der Waals surface area contributed by atoms with E-state index in [0.29, 0.717) is 23.2 Å². The first-order valence-electron chi connectivity index (χ1n) is 12.0. The first-order chi connectivity index (χ1) is 15.4. The van der Waals surface area contributed by atoms with Crippen molar-refractivity contribution in [3.63, 3.8) is 0 Å². The second kappa shape index (κ2) is 8.24. The van der Waals surface area contributed by atoms with Crippen molar-refractivity contribution in [1.29, 1.82) is 0 Å². The Hall–Kier alpha value is -2.86. The summed E-state index contributed by atoms with van der Waals surface area (Å²) in [6, 6.07) is 31.1. The standard InChI is InChI=1S/C32H34/c1-22-20-32(3,4)21-27-19-26-17-11-12-18-28(26)30(23(2)24-13-7-5-8-14-24)31(29(22)27)25-15-9-6-10-16-25/h5-18,27,29-31H,1-2,19-21H2,3-4H3. The zero-order valence-electron chi connectivity index (χ0n) is 19.4. The summed E-state index contributed by atoms with van der Waals surface area (Å²) in [4.78, 5) is 0. The number of benzene rings is 3. The smallest absolute Gasteiger partial charge is 0.0167 e. The summed E-state index contributed by atoms with van der Waals surface area (Å²) in [7, 11) is 0. The van der Waals surface area contributed by atoms with Gasteiger partial charge in [0.15, 0.2) is 0 Å². The van der Waals surface area contributed by atoms with Gasteiger partial charge in [0, 0.05) is 11.8 Å². The van der Waals surface area contributed by atoms with Crippen LogP contribution >= 0.6 is 0 Å². The van der Waals surface area contributed by atoms with Crippen molar-refractivity contribution in [1.82, 2.24) is 0 Å². The van der Waals surface area contributed by atoms with Gasteiger partial charge in [-0.1, -0.05) is 118 Å². The summed E-state index contributed by atoms with van der Waals surface area (Å²) in [5.41, 5.74) is 8.58. The molecule has 2 aliphatic rings. The van der Waals surface area contributed by atoms with Gasteiger partial charge < -0.3 is 0 Å². The largest absolute Gasteiger partial charge is 0.0995 e. The first-order valence-corrected chi connectivity index (χ1v) is 12.0. The van der Waals surface area contributed by atoms with E-state index >= 15 is 0 Å². The molecule has 0 bridgehead atoms. The molecule has 0 spiro atoms. The van der Waals surface area contributed by atoms with E-state index in [1.54, 1.807) is 0 Å². The van der Waals surface area contributed by atoms with Crippen LogP contribution in [-0.2, 0) is 6.42 Å². The van der Waals surface area contributed by atoms with Crippen LogP contribution in [0.15, 0.2) is 104 Å². The van der Waals surface area contributed by atoms with Crippen molar-refractivity contribution in [2.24, 2.45) is 17.3 Å². The summed E-state index contributed by atoms with van der Waals surface area (Å²) < 4.78 is 0. The van der Waals surface area contributed by atoms with Gasteiger partial charge in [0.05, 0.1) is 0 Å². The lowest BCUT2D eigenvalue weighted by molar-refractivity contribution is 0.153. The van der Waals surface area contributed by atoms with E-state index in [4.69, 9.17) is 13.2 Å². The van der Waals surface area contributed by atoms with Crippen LogP contribution in [-0.4, -0.2) is 0 Å². The van der Waals surface area contributed by atoms with Gasteiger partial charge in [-0.3, -0.25) is 0 Å². The van der Waals surface area contributed by atoms with Crippen molar-refractivity contribution in [3.05, 3.63) is 126 Å². The van der Waals surface area contributed by atoms with E-state index in [9.17, 15) is 0 Å². The molecule has 0 nitrogen and oxygen atoms in total. The lowest BCUT2D eigenvalue weighted by Crippen LogP contribution is -2.36. The molecule has 3 aromatic rings. The second-order valence-corrected chi connectivity index (χ2v) is 10.7. The molecular formula is C32H34. The lowest BCUT2D eigenvalue weighted by atomic mass is 9.58. The van der Waals surface area contributed by atoms with Gasteiger partial charge in [0.2, 0.25) is 0 Å². The predicted molar refractivity (Wildman–Crippen MR) is 137 cm³/mol. The summed E-state index contributed by atoms with van der Waals surface area (Å²) in [6.07, 6.45) is 3.49. The molecule has 0 N–H and O–H groups in total. The Balaban J connectivity index is 1.74. The molecule has 0 radical (unpaired) electrons. The maximum Gasteiger partial charge on any atom is 0.0167 e. The minimum atomic E-state index is 0.240. The van der Waals surface area contributed by atoms with Crippen LogP contribution in [0.2, 0.25) is 0 Å². The first kappa shape index (κ1) is 21.0. The van der Waals surface area contributed by atoms with E-state index in [1.165, 1.54) is 39.8 Å². The normalized spacial score (nSPS) is 26.5. The van der Waals surface area contributed by atoms with Gasteiger partial charge in [-0.05, 0) is 64.3 Å². The average Bonchev–Trinajstić information content (AvgIpc) is 2.93. The zero-order valence-corrected chi connectivity index (χ0v) is 19.4. The van der Waals surface area contributed by atoms with Crippen LogP contribution in [0, 0.1) is 17.3 Å². The Kier molecular flexibility index (Phi) is 5.41. The fourth-order valence-corrected chi connectivity index (χ4v) is 6.74. The Bertz CT molecular complexity index is 1120. The minimum absolute atomic E-state index is 0.240. The molecule has 32 heavy (non-hydrogen) atoms. The Morgan fingerprint density at radius 1 is 0.812 bits per heavy atom. The maximum atomic E-state index is 4.73. The molecule has 2 aliphatic carbocycles. The van der Waals surface area contributed by atoms with Crippen molar-refractivity contribution >= 4 is 5.57 Å². The van der Waals surface area contributed by atoms with Crippen LogP contribution < -0.4 is 0 Å². The monoisotopic (exact) mass is 418 g/mol. The summed E-state index contributed by atoms with van der Waals surface area (Å²) in [5.74, 6) is 1.65. The molecule has 0 amide bonds. The molecular weight excluding hydrogens is 384 g/mol. The van der Waals surface area contributed by atoms with Gasteiger partial charge in [-0.25, -0.2) is 0 Å². The van der Waals surface area contributed by atoms with Gasteiger partial charge >= 0.3 is 0 Å². The van der Waals surface area contributed by atoms with Crippen LogP contribution in [0.5, 0.6) is 0 Å². The number of hydrogen-bond acceptors (Lipinski definition) is 0. The zero-order chi connectivity index (χ0) is 22.3. The predicted octanol–water partition coefficient (Wildman–Crippen LogP) is 8.43. The quantitative estimate of drug-likeness (QED) is 0.374. The third-order valence-electron chi connectivity index (χ3n) is 7.82. The van der Waals surface area contributed by atoms with E-state index in [2.05, 4.69) is 98.8 Å². The average molecular weight is 419 g/mol. The molecule has 0 saturated heterocycles. The molecule has 5 rings (SSSR count). The highest BCUT2D eigenvalue weighted by Gasteiger charge is 2.47. The van der Waals surface area contributed by atoms with Gasteiger partial charge in [0.1, 0.15) is 0 Å². The topological polar surface area (TPSA) is 0 Å².